The van der Waals surface area contributed by atoms with Crippen LogP contribution in [0.4, 0.5) is 0 Å². The summed E-state index contributed by atoms with van der Waals surface area (Å²) < 4.78 is 5.53. The van der Waals surface area contributed by atoms with Crippen LogP contribution in [0.5, 0.6) is 5.75 Å². The molecule has 0 aliphatic heterocycles. The number of halogens is 1. The van der Waals surface area contributed by atoms with E-state index in [1.54, 1.807) is 7.05 Å². The van der Waals surface area contributed by atoms with E-state index in [4.69, 9.17) is 4.74 Å². The molecule has 5 heteroatoms. The topological polar surface area (TPSA) is 45.7 Å². The monoisotopic (exact) mass is 349 g/mol. The van der Waals surface area contributed by atoms with Gasteiger partial charge in [-0.25, -0.2) is 0 Å². The molecule has 17 heavy (non-hydrogen) atoms. The van der Waals surface area contributed by atoms with Gasteiger partial charge in [0.05, 0.1) is 6.54 Å². The third-order valence-electron chi connectivity index (χ3n) is 1.97. The summed E-state index contributed by atoms with van der Waals surface area (Å²) >= 11 is 0. The zero-order valence-electron chi connectivity index (χ0n) is 10.3. The van der Waals surface area contributed by atoms with Gasteiger partial charge in [-0.3, -0.25) is 4.99 Å². The smallest absolute Gasteiger partial charge is 0.191 e. The van der Waals surface area contributed by atoms with Gasteiger partial charge in [-0.15, -0.1) is 24.0 Å². The van der Waals surface area contributed by atoms with Crippen molar-refractivity contribution in [3.05, 3.63) is 30.3 Å². The number of aliphatic imine (C=N–C) groups is 1. The molecule has 96 valence electrons. The SMILES string of the molecule is CCNC(=NC)NCCOc1ccccc1.I. The van der Waals surface area contributed by atoms with Gasteiger partial charge >= 0.3 is 0 Å². The Morgan fingerprint density at radius 1 is 1.24 bits per heavy atom. The van der Waals surface area contributed by atoms with Crippen LogP contribution in [0.3, 0.4) is 0 Å². The third-order valence-corrected chi connectivity index (χ3v) is 1.97. The Morgan fingerprint density at radius 2 is 1.94 bits per heavy atom. The molecule has 0 saturated carbocycles. The van der Waals surface area contributed by atoms with Crippen molar-refractivity contribution in [2.24, 2.45) is 4.99 Å². The molecule has 1 aromatic carbocycles. The van der Waals surface area contributed by atoms with Crippen LogP contribution in [-0.2, 0) is 0 Å². The Balaban J connectivity index is 0.00000256. The lowest BCUT2D eigenvalue weighted by Gasteiger charge is -2.10. The van der Waals surface area contributed by atoms with Crippen LogP contribution >= 0.6 is 24.0 Å². The van der Waals surface area contributed by atoms with Crippen LogP contribution < -0.4 is 15.4 Å². The van der Waals surface area contributed by atoms with Crippen molar-refractivity contribution in [2.45, 2.75) is 6.92 Å². The van der Waals surface area contributed by atoms with Crippen molar-refractivity contribution in [3.8, 4) is 5.75 Å². The van der Waals surface area contributed by atoms with Crippen LogP contribution in [0, 0.1) is 0 Å². The van der Waals surface area contributed by atoms with Gasteiger partial charge in [0.15, 0.2) is 5.96 Å². The highest BCUT2D eigenvalue weighted by Crippen LogP contribution is 2.07. The standard InChI is InChI=1S/C12H19N3O.HI/c1-3-14-12(13-2)15-9-10-16-11-7-5-4-6-8-11;/h4-8H,3,9-10H2,1-2H3,(H2,13,14,15);1H. The van der Waals surface area contributed by atoms with Crippen molar-refractivity contribution in [1.29, 1.82) is 0 Å². The summed E-state index contributed by atoms with van der Waals surface area (Å²) in [5.41, 5.74) is 0. The van der Waals surface area contributed by atoms with Crippen LogP contribution in [0.2, 0.25) is 0 Å². The lowest BCUT2D eigenvalue weighted by molar-refractivity contribution is 0.322. The molecule has 0 aliphatic carbocycles. The number of benzene rings is 1. The highest BCUT2D eigenvalue weighted by molar-refractivity contribution is 14.0. The van der Waals surface area contributed by atoms with Gasteiger partial charge in [-0.05, 0) is 19.1 Å². The Bertz CT molecular complexity index is 317. The van der Waals surface area contributed by atoms with Crippen LogP contribution in [0.25, 0.3) is 0 Å². The number of hydrogen-bond acceptors (Lipinski definition) is 2. The van der Waals surface area contributed by atoms with Crippen molar-refractivity contribution >= 4 is 29.9 Å². The zero-order valence-corrected chi connectivity index (χ0v) is 12.6. The molecule has 0 atom stereocenters. The fourth-order valence-electron chi connectivity index (χ4n) is 1.24. The number of para-hydroxylation sites is 1. The minimum Gasteiger partial charge on any atom is -0.492 e. The van der Waals surface area contributed by atoms with E-state index in [0.29, 0.717) is 6.61 Å². The van der Waals surface area contributed by atoms with Gasteiger partial charge < -0.3 is 15.4 Å². The van der Waals surface area contributed by atoms with Gasteiger partial charge in [0, 0.05) is 13.6 Å². The summed E-state index contributed by atoms with van der Waals surface area (Å²) in [5.74, 6) is 1.70. The molecule has 1 rings (SSSR count). The van der Waals surface area contributed by atoms with Crippen LogP contribution in [0.15, 0.2) is 35.3 Å². The van der Waals surface area contributed by atoms with Crippen LogP contribution in [-0.4, -0.2) is 32.7 Å². The molecule has 0 aliphatic rings. The van der Waals surface area contributed by atoms with E-state index in [1.165, 1.54) is 0 Å². The van der Waals surface area contributed by atoms with E-state index in [0.717, 1.165) is 24.8 Å². The number of hydrogen-bond donors (Lipinski definition) is 2. The second-order valence-corrected chi connectivity index (χ2v) is 3.19. The molecule has 0 bridgehead atoms. The lowest BCUT2D eigenvalue weighted by Crippen LogP contribution is -2.39. The van der Waals surface area contributed by atoms with E-state index in [2.05, 4.69) is 15.6 Å². The summed E-state index contributed by atoms with van der Waals surface area (Å²) in [6, 6.07) is 9.77. The first kappa shape index (κ1) is 16.0. The van der Waals surface area contributed by atoms with Gasteiger partial charge in [-0.2, -0.15) is 0 Å². The van der Waals surface area contributed by atoms with Crippen molar-refractivity contribution in [3.63, 3.8) is 0 Å². The first-order valence-corrected chi connectivity index (χ1v) is 5.49. The molecule has 0 radical (unpaired) electrons. The maximum Gasteiger partial charge on any atom is 0.191 e. The second kappa shape index (κ2) is 10.2. The van der Waals surface area contributed by atoms with Crippen molar-refractivity contribution in [1.82, 2.24) is 10.6 Å². The summed E-state index contributed by atoms with van der Waals surface area (Å²) in [7, 11) is 1.75. The second-order valence-electron chi connectivity index (χ2n) is 3.19. The molecule has 0 heterocycles. The van der Waals surface area contributed by atoms with E-state index in [9.17, 15) is 0 Å². The number of nitrogens with zero attached hydrogens (tertiary/aromatic N) is 1. The normalized spacial score (nSPS) is 10.4. The predicted molar refractivity (Wildman–Crippen MR) is 82.4 cm³/mol. The number of ether oxygens (including phenoxy) is 1. The van der Waals surface area contributed by atoms with Crippen molar-refractivity contribution < 1.29 is 4.74 Å². The number of rotatable bonds is 5. The largest absolute Gasteiger partial charge is 0.492 e. The fourth-order valence-corrected chi connectivity index (χ4v) is 1.24. The average Bonchev–Trinajstić information content (AvgIpc) is 2.34. The maximum absolute atomic E-state index is 5.53. The number of guanidine groups is 1. The molecule has 0 saturated heterocycles. The Kier molecular flexibility index (Phi) is 9.60. The molecule has 1 aromatic rings. The molecule has 0 aromatic heterocycles. The highest BCUT2D eigenvalue weighted by atomic mass is 127. The van der Waals surface area contributed by atoms with E-state index < -0.39 is 0 Å². The molecule has 2 N–H and O–H groups in total. The minimum absolute atomic E-state index is 0. The predicted octanol–water partition coefficient (Wildman–Crippen LogP) is 1.87. The highest BCUT2D eigenvalue weighted by Gasteiger charge is 1.94. The molecular formula is C12H20IN3O. The summed E-state index contributed by atoms with van der Waals surface area (Å²) in [5, 5.41) is 6.27. The summed E-state index contributed by atoms with van der Waals surface area (Å²) in [6.07, 6.45) is 0. The van der Waals surface area contributed by atoms with Gasteiger partial charge in [-0.1, -0.05) is 18.2 Å². The molecule has 0 fully saturated rings. The van der Waals surface area contributed by atoms with Gasteiger partial charge in [0.25, 0.3) is 0 Å². The summed E-state index contributed by atoms with van der Waals surface area (Å²) in [6.45, 7) is 4.25. The van der Waals surface area contributed by atoms with E-state index >= 15 is 0 Å². The Hall–Kier alpha value is -0.980. The van der Waals surface area contributed by atoms with E-state index in [1.807, 2.05) is 37.3 Å². The van der Waals surface area contributed by atoms with Crippen LogP contribution in [0.1, 0.15) is 6.92 Å². The molecule has 0 amide bonds. The van der Waals surface area contributed by atoms with Crippen molar-refractivity contribution in [2.75, 3.05) is 26.7 Å². The maximum atomic E-state index is 5.53. The molecule has 0 spiro atoms. The van der Waals surface area contributed by atoms with Gasteiger partial charge in [0.2, 0.25) is 0 Å². The molecule has 4 nitrogen and oxygen atoms in total. The zero-order chi connectivity index (χ0) is 11.6. The average molecular weight is 349 g/mol. The quantitative estimate of drug-likeness (QED) is 0.369. The third kappa shape index (κ3) is 7.04. The van der Waals surface area contributed by atoms with Gasteiger partial charge in [0.1, 0.15) is 12.4 Å². The lowest BCUT2D eigenvalue weighted by atomic mass is 10.3. The Morgan fingerprint density at radius 3 is 2.53 bits per heavy atom. The molecular weight excluding hydrogens is 329 g/mol. The van der Waals surface area contributed by atoms with E-state index in [-0.39, 0.29) is 24.0 Å². The number of nitrogens with one attached hydrogen (secondary N) is 2. The first-order valence-electron chi connectivity index (χ1n) is 5.49. The Labute approximate surface area is 120 Å². The fraction of sp³-hybridized carbons (Fsp3) is 0.417. The molecule has 0 unspecified atom stereocenters. The minimum atomic E-state index is 0. The summed E-state index contributed by atoms with van der Waals surface area (Å²) in [4.78, 5) is 4.06. The first-order chi connectivity index (χ1) is 7.86.